The number of fused-ring (bicyclic) bond motifs is 2. The summed E-state index contributed by atoms with van der Waals surface area (Å²) in [7, 11) is 0. The average Bonchev–Trinajstić information content (AvgIpc) is 3.74. The number of carbonyl (C=O) groups is 2. The minimum atomic E-state index is -4.63. The number of benzene rings is 2. The first kappa shape index (κ1) is 35.4. The van der Waals surface area contributed by atoms with Gasteiger partial charge in [-0.15, -0.1) is 5.10 Å². The first-order valence-electron chi connectivity index (χ1n) is 16.4. The van der Waals surface area contributed by atoms with E-state index in [1.807, 2.05) is 0 Å². The van der Waals surface area contributed by atoms with E-state index in [1.54, 1.807) is 43.9 Å². The van der Waals surface area contributed by atoms with Crippen molar-refractivity contribution in [1.29, 1.82) is 0 Å². The number of oxazole rings is 1. The number of aryl methyl sites for hydroxylation is 2. The minimum absolute atomic E-state index is 0.0277. The Morgan fingerprint density at radius 1 is 1.06 bits per heavy atom. The molecule has 19 heteroatoms. The molecule has 4 aromatic heterocycles. The van der Waals surface area contributed by atoms with Crippen molar-refractivity contribution in [3.05, 3.63) is 86.6 Å². The van der Waals surface area contributed by atoms with Gasteiger partial charge in [0.1, 0.15) is 24.1 Å². The summed E-state index contributed by atoms with van der Waals surface area (Å²) in [5, 5.41) is 17.2. The first-order chi connectivity index (χ1) is 25.2. The molecule has 0 bridgehead atoms. The van der Waals surface area contributed by atoms with Gasteiger partial charge in [-0.2, -0.15) is 22.7 Å². The fourth-order valence-electron chi connectivity index (χ4n) is 6.32. The molecule has 2 aromatic carbocycles. The highest BCUT2D eigenvalue weighted by Crippen LogP contribution is 2.34. The molecule has 274 valence electrons. The van der Waals surface area contributed by atoms with Crippen molar-refractivity contribution in [2.45, 2.75) is 39.9 Å². The predicted molar refractivity (Wildman–Crippen MR) is 186 cm³/mol. The number of carbonyl (C=O) groups excluding carboxylic acids is 2. The molecule has 0 unspecified atom stereocenters. The van der Waals surface area contributed by atoms with Crippen LogP contribution in [0.25, 0.3) is 28.3 Å². The van der Waals surface area contributed by atoms with E-state index in [0.29, 0.717) is 28.2 Å². The summed E-state index contributed by atoms with van der Waals surface area (Å²) in [5.74, 6) is -0.890. The van der Waals surface area contributed by atoms with Crippen molar-refractivity contribution in [2.75, 3.05) is 36.4 Å². The van der Waals surface area contributed by atoms with Crippen LogP contribution in [0.2, 0.25) is 5.02 Å². The van der Waals surface area contributed by atoms with Crippen LogP contribution in [-0.2, 0) is 23.9 Å². The molecule has 7 rings (SSSR count). The zero-order valence-electron chi connectivity index (χ0n) is 28.4. The predicted octanol–water partition coefficient (Wildman–Crippen LogP) is 4.65. The highest BCUT2D eigenvalue weighted by atomic mass is 35.5. The fraction of sp³-hybridized carbons (Fsp3) is 0.294. The molecule has 2 N–H and O–H groups in total. The summed E-state index contributed by atoms with van der Waals surface area (Å²) in [5.41, 5.74) is 0.669. The number of amides is 2. The minimum Gasteiger partial charge on any atom is -0.504 e. The van der Waals surface area contributed by atoms with Gasteiger partial charge in [0.2, 0.25) is 11.7 Å². The van der Waals surface area contributed by atoms with Crippen molar-refractivity contribution < 1.29 is 32.3 Å². The van der Waals surface area contributed by atoms with E-state index in [4.69, 9.17) is 21.0 Å². The van der Waals surface area contributed by atoms with Crippen LogP contribution in [0.5, 0.6) is 5.75 Å². The van der Waals surface area contributed by atoms with Gasteiger partial charge in [-0.05, 0) is 43.7 Å². The smallest absolute Gasteiger partial charge is 0.416 e. The Bertz CT molecular complexity index is 2490. The van der Waals surface area contributed by atoms with Gasteiger partial charge in [0.05, 0.1) is 33.2 Å². The number of aromatic nitrogens is 7. The molecular weight excluding hydrogens is 721 g/mol. The van der Waals surface area contributed by atoms with Gasteiger partial charge in [-0.1, -0.05) is 24.6 Å². The summed E-state index contributed by atoms with van der Waals surface area (Å²) >= 11 is 6.14. The van der Waals surface area contributed by atoms with Gasteiger partial charge in [0.25, 0.3) is 11.5 Å². The van der Waals surface area contributed by atoms with E-state index in [2.05, 4.69) is 25.4 Å². The second-order valence-electron chi connectivity index (χ2n) is 12.2. The van der Waals surface area contributed by atoms with Gasteiger partial charge < -0.3 is 29.2 Å². The number of nitrogens with one attached hydrogen (secondary N) is 1. The van der Waals surface area contributed by atoms with E-state index >= 15 is 0 Å². The quantitative estimate of drug-likeness (QED) is 0.232. The highest BCUT2D eigenvalue weighted by Gasteiger charge is 2.32. The third-order valence-electron chi connectivity index (χ3n) is 8.89. The van der Waals surface area contributed by atoms with Gasteiger partial charge in [0.15, 0.2) is 28.7 Å². The van der Waals surface area contributed by atoms with E-state index < -0.39 is 35.7 Å². The number of nitrogens with zero attached hydrogens (tertiary/aromatic N) is 9. The monoisotopic (exact) mass is 750 g/mol. The molecule has 0 saturated carbocycles. The zero-order valence-corrected chi connectivity index (χ0v) is 29.2. The summed E-state index contributed by atoms with van der Waals surface area (Å²) < 4.78 is 48.0. The van der Waals surface area contributed by atoms with Crippen molar-refractivity contribution in [2.24, 2.45) is 0 Å². The third kappa shape index (κ3) is 6.49. The lowest BCUT2D eigenvalue weighted by molar-refractivity contribution is -0.137. The second kappa shape index (κ2) is 13.5. The molecule has 2 amide bonds. The number of anilines is 2. The topological polar surface area (TPSA) is 177 Å². The zero-order chi connectivity index (χ0) is 37.8. The number of halogens is 4. The molecule has 1 aliphatic heterocycles. The highest BCUT2D eigenvalue weighted by molar-refractivity contribution is 6.33. The Morgan fingerprint density at radius 2 is 1.81 bits per heavy atom. The van der Waals surface area contributed by atoms with Crippen LogP contribution in [0.1, 0.15) is 40.3 Å². The number of rotatable bonds is 7. The number of hydrogen-bond acceptors (Lipinski definition) is 11. The van der Waals surface area contributed by atoms with Crippen molar-refractivity contribution >= 4 is 51.7 Å². The average molecular weight is 751 g/mol. The largest absolute Gasteiger partial charge is 0.504 e. The maximum atomic E-state index is 14.4. The Hall–Kier alpha value is -6.04. The maximum absolute atomic E-state index is 14.4. The number of hydrogen-bond donors (Lipinski definition) is 2. The van der Waals surface area contributed by atoms with Crippen LogP contribution >= 0.6 is 11.6 Å². The van der Waals surface area contributed by atoms with Crippen LogP contribution < -0.4 is 15.8 Å². The lowest BCUT2D eigenvalue weighted by Crippen LogP contribution is -2.51. The van der Waals surface area contributed by atoms with E-state index in [0.717, 1.165) is 22.7 Å². The third-order valence-corrected chi connectivity index (χ3v) is 9.20. The number of piperazine rings is 1. The van der Waals surface area contributed by atoms with Crippen molar-refractivity contribution in [1.82, 2.24) is 39.0 Å². The summed E-state index contributed by atoms with van der Waals surface area (Å²) in [6.07, 6.45) is -3.18. The molecule has 0 aliphatic carbocycles. The molecular formula is C34H30ClF3N10O5. The van der Waals surface area contributed by atoms with Gasteiger partial charge in [-0.25, -0.2) is 15.0 Å². The Labute approximate surface area is 302 Å². The number of para-hydroxylation sites is 1. The Balaban J connectivity index is 1.28. The molecule has 15 nitrogen and oxygen atoms in total. The summed E-state index contributed by atoms with van der Waals surface area (Å²) in [6.45, 7) is 5.37. The molecule has 5 heterocycles. The van der Waals surface area contributed by atoms with E-state index in [1.165, 1.54) is 15.8 Å². The molecule has 1 saturated heterocycles. The summed E-state index contributed by atoms with van der Waals surface area (Å²) in [4.78, 5) is 61.5. The van der Waals surface area contributed by atoms with Crippen LogP contribution in [0, 0.1) is 13.8 Å². The Morgan fingerprint density at radius 3 is 2.51 bits per heavy atom. The Kier molecular flexibility index (Phi) is 9.01. The van der Waals surface area contributed by atoms with Gasteiger partial charge >= 0.3 is 6.18 Å². The SMILES string of the molecule is CCc1c(N2CCN(C(=O)c3ncnc(C)c3O)CC2)c(=O)n2nc(-c3cccc4oc(C)nc34)nc2n1CC(=O)Nc1ccc(C(F)(F)F)cc1Cl. The molecule has 0 spiro atoms. The van der Waals surface area contributed by atoms with Gasteiger partial charge in [0, 0.05) is 33.1 Å². The molecule has 6 aromatic rings. The van der Waals surface area contributed by atoms with E-state index in [-0.39, 0.29) is 77.7 Å². The maximum Gasteiger partial charge on any atom is 0.416 e. The fourth-order valence-corrected chi connectivity index (χ4v) is 6.54. The molecule has 0 radical (unpaired) electrons. The van der Waals surface area contributed by atoms with Crippen LogP contribution in [0.4, 0.5) is 24.5 Å². The molecule has 1 aliphatic rings. The molecule has 0 atom stereocenters. The van der Waals surface area contributed by atoms with Gasteiger partial charge in [-0.3, -0.25) is 14.4 Å². The lowest BCUT2D eigenvalue weighted by atomic mass is 10.2. The van der Waals surface area contributed by atoms with Crippen molar-refractivity contribution in [3.8, 4) is 17.1 Å². The molecule has 53 heavy (non-hydrogen) atoms. The van der Waals surface area contributed by atoms with Crippen molar-refractivity contribution in [3.63, 3.8) is 0 Å². The number of alkyl halides is 3. The first-order valence-corrected chi connectivity index (χ1v) is 16.7. The summed E-state index contributed by atoms with van der Waals surface area (Å²) in [6, 6.07) is 7.78. The lowest BCUT2D eigenvalue weighted by Gasteiger charge is -2.36. The van der Waals surface area contributed by atoms with Crippen LogP contribution in [0.15, 0.2) is 51.9 Å². The number of aromatic hydroxyl groups is 1. The second-order valence-corrected chi connectivity index (χ2v) is 12.7. The normalized spacial score (nSPS) is 13.6. The van der Waals surface area contributed by atoms with Crippen LogP contribution in [-0.4, -0.2) is 82.1 Å². The van der Waals surface area contributed by atoms with Crippen LogP contribution in [0.3, 0.4) is 0 Å². The standard InChI is InChI=1S/C34H30ClF3N10O5/c1-4-23-28(45-10-12-46(13-11-45)31(51)27-29(50)17(2)39-16-40-27)32(52)48-33(43-30(44-48)20-6-5-7-24-26(20)41-18(3)53-24)47(23)15-25(49)42-22-9-8-19(14-21(22)35)34(36,37)38/h5-9,14,16,50H,4,10-13,15H2,1-3H3,(H,42,49). The molecule has 1 fully saturated rings. The van der Waals surface area contributed by atoms with E-state index in [9.17, 15) is 32.7 Å².